The van der Waals surface area contributed by atoms with Crippen molar-refractivity contribution in [1.82, 2.24) is 14.6 Å². The summed E-state index contributed by atoms with van der Waals surface area (Å²) in [7, 11) is 1.71. The molecule has 3 aromatic heterocycles. The molecule has 0 aromatic carbocycles. The van der Waals surface area contributed by atoms with E-state index in [9.17, 15) is 9.59 Å². The van der Waals surface area contributed by atoms with Gasteiger partial charge in [-0.05, 0) is 25.1 Å². The van der Waals surface area contributed by atoms with E-state index in [1.165, 1.54) is 23.0 Å². The Balaban J connectivity index is 2.05. The van der Waals surface area contributed by atoms with E-state index in [1.54, 1.807) is 26.1 Å². The lowest BCUT2D eigenvalue weighted by Gasteiger charge is -2.11. The monoisotopic (exact) mass is 407 g/mol. The maximum Gasteiger partial charge on any atom is 0.358 e. The number of aromatic nitrogens is 3. The van der Waals surface area contributed by atoms with Crippen LogP contribution in [0.2, 0.25) is 10.0 Å². The van der Waals surface area contributed by atoms with Crippen molar-refractivity contribution < 1.29 is 14.3 Å². The summed E-state index contributed by atoms with van der Waals surface area (Å²) in [5, 5.41) is 10.3. The number of fused-ring (bicyclic) bond motifs is 1. The first kappa shape index (κ1) is 18.9. The number of esters is 1. The van der Waals surface area contributed by atoms with Gasteiger partial charge >= 0.3 is 5.97 Å². The van der Waals surface area contributed by atoms with Crippen LogP contribution in [0.4, 0.5) is 11.5 Å². The summed E-state index contributed by atoms with van der Waals surface area (Å²) in [6.07, 6.45) is 2.75. The second-order valence-electron chi connectivity index (χ2n) is 5.36. The Morgan fingerprint density at radius 3 is 2.56 bits per heavy atom. The Morgan fingerprint density at radius 1 is 1.22 bits per heavy atom. The molecule has 8 nitrogen and oxygen atoms in total. The number of rotatable bonds is 5. The largest absolute Gasteiger partial charge is 0.461 e. The van der Waals surface area contributed by atoms with Gasteiger partial charge in [0, 0.05) is 19.4 Å². The molecule has 0 unspecified atom stereocenters. The predicted molar refractivity (Wildman–Crippen MR) is 103 cm³/mol. The summed E-state index contributed by atoms with van der Waals surface area (Å²) >= 11 is 12.1. The highest BCUT2D eigenvalue weighted by Crippen LogP contribution is 2.29. The Hall–Kier alpha value is -2.84. The quantitative estimate of drug-likeness (QED) is 0.628. The maximum atomic E-state index is 12.8. The summed E-state index contributed by atoms with van der Waals surface area (Å²) in [6, 6.07) is 4.76. The molecule has 1 amide bonds. The van der Waals surface area contributed by atoms with Gasteiger partial charge in [0.25, 0.3) is 5.91 Å². The molecule has 0 fully saturated rings. The van der Waals surface area contributed by atoms with E-state index >= 15 is 0 Å². The number of carbonyl (C=O) groups excluding carboxylic acids is 2. The number of nitrogens with one attached hydrogen (secondary N) is 2. The topological polar surface area (TPSA) is 97.6 Å². The summed E-state index contributed by atoms with van der Waals surface area (Å²) < 4.78 is 6.44. The molecule has 0 atom stereocenters. The maximum absolute atomic E-state index is 12.8. The van der Waals surface area contributed by atoms with E-state index < -0.39 is 11.9 Å². The van der Waals surface area contributed by atoms with E-state index in [0.29, 0.717) is 11.3 Å². The van der Waals surface area contributed by atoms with E-state index in [-0.39, 0.29) is 33.6 Å². The highest BCUT2D eigenvalue weighted by Gasteiger charge is 2.20. The highest BCUT2D eigenvalue weighted by molar-refractivity contribution is 6.39. The molecule has 0 bridgehead atoms. The van der Waals surface area contributed by atoms with Crippen LogP contribution in [0.1, 0.15) is 27.8 Å². The number of amides is 1. The lowest BCUT2D eigenvalue weighted by atomic mass is 10.2. The second kappa shape index (κ2) is 7.81. The minimum atomic E-state index is -0.574. The van der Waals surface area contributed by atoms with Gasteiger partial charge in [-0.15, -0.1) is 0 Å². The third-order valence-corrected chi connectivity index (χ3v) is 4.27. The van der Waals surface area contributed by atoms with Crippen LogP contribution in [-0.4, -0.2) is 40.1 Å². The smallest absolute Gasteiger partial charge is 0.358 e. The van der Waals surface area contributed by atoms with Crippen LogP contribution in [0, 0.1) is 0 Å². The van der Waals surface area contributed by atoms with Crippen molar-refractivity contribution in [2.45, 2.75) is 6.92 Å². The van der Waals surface area contributed by atoms with Gasteiger partial charge in [-0.2, -0.15) is 5.10 Å². The first-order valence-corrected chi connectivity index (χ1v) is 8.69. The van der Waals surface area contributed by atoms with Crippen molar-refractivity contribution in [3.05, 3.63) is 51.9 Å². The molecule has 27 heavy (non-hydrogen) atoms. The van der Waals surface area contributed by atoms with Crippen LogP contribution in [-0.2, 0) is 4.74 Å². The number of anilines is 2. The molecule has 3 heterocycles. The van der Waals surface area contributed by atoms with Crippen LogP contribution >= 0.6 is 23.2 Å². The van der Waals surface area contributed by atoms with Crippen molar-refractivity contribution in [1.29, 1.82) is 0 Å². The minimum Gasteiger partial charge on any atom is -0.461 e. The first-order chi connectivity index (χ1) is 13.0. The van der Waals surface area contributed by atoms with Gasteiger partial charge in [0.1, 0.15) is 5.82 Å². The summed E-state index contributed by atoms with van der Waals surface area (Å²) in [6.45, 7) is 1.92. The summed E-state index contributed by atoms with van der Waals surface area (Å²) in [5.41, 5.74) is 1.04. The first-order valence-electron chi connectivity index (χ1n) is 7.94. The van der Waals surface area contributed by atoms with E-state index in [2.05, 4.69) is 20.7 Å². The number of hydrogen-bond acceptors (Lipinski definition) is 6. The third-order valence-electron chi connectivity index (χ3n) is 3.70. The number of pyridine rings is 2. The Bertz CT molecular complexity index is 1010. The van der Waals surface area contributed by atoms with Crippen molar-refractivity contribution in [2.75, 3.05) is 24.3 Å². The van der Waals surface area contributed by atoms with E-state index in [4.69, 9.17) is 27.9 Å². The Morgan fingerprint density at radius 2 is 1.93 bits per heavy atom. The molecule has 3 aromatic rings. The van der Waals surface area contributed by atoms with Gasteiger partial charge in [0.05, 0.1) is 33.4 Å². The zero-order chi connectivity index (χ0) is 19.6. The molecule has 0 saturated heterocycles. The van der Waals surface area contributed by atoms with Gasteiger partial charge in [0.2, 0.25) is 0 Å². The minimum absolute atomic E-state index is 0.0913. The molecule has 0 aliphatic carbocycles. The van der Waals surface area contributed by atoms with Crippen LogP contribution in [0.15, 0.2) is 30.6 Å². The molecule has 140 valence electrons. The van der Waals surface area contributed by atoms with Crippen molar-refractivity contribution in [2.24, 2.45) is 0 Å². The fraction of sp³-hybridized carbons (Fsp3) is 0.176. The molecule has 2 N–H and O–H groups in total. The van der Waals surface area contributed by atoms with Crippen molar-refractivity contribution in [3.63, 3.8) is 0 Å². The van der Waals surface area contributed by atoms with E-state index in [1.807, 2.05) is 0 Å². The Labute approximate surface area is 164 Å². The number of ether oxygens (including phenoxy) is 1. The molecular weight excluding hydrogens is 393 g/mol. The molecular formula is C17H15Cl2N5O3. The standard InChI is InChI=1S/C17H15Cl2N5O3/c1-3-27-17(26)12-6-13-9(4-5-14(20-2)24(13)23-12)16(25)22-15-10(18)7-21-8-11(15)19/h4-8,20H,3H2,1-2H3,(H,21,22,25). The van der Waals surface area contributed by atoms with Crippen LogP contribution in [0.5, 0.6) is 0 Å². The van der Waals surface area contributed by atoms with Gasteiger partial charge < -0.3 is 15.4 Å². The molecule has 0 radical (unpaired) electrons. The lowest BCUT2D eigenvalue weighted by molar-refractivity contribution is 0.0519. The zero-order valence-corrected chi connectivity index (χ0v) is 15.9. The van der Waals surface area contributed by atoms with Crippen LogP contribution in [0.25, 0.3) is 5.52 Å². The molecule has 10 heteroatoms. The normalized spacial score (nSPS) is 10.7. The fourth-order valence-corrected chi connectivity index (χ4v) is 2.93. The van der Waals surface area contributed by atoms with Crippen molar-refractivity contribution in [3.8, 4) is 0 Å². The molecule has 0 aliphatic rings. The second-order valence-corrected chi connectivity index (χ2v) is 6.18. The summed E-state index contributed by atoms with van der Waals surface area (Å²) in [5.74, 6) is -0.445. The number of hydrogen-bond donors (Lipinski definition) is 2. The fourth-order valence-electron chi connectivity index (χ4n) is 2.47. The SMILES string of the molecule is CCOC(=O)c1cc2c(C(=O)Nc3c(Cl)cncc3Cl)ccc(NC)n2n1. The lowest BCUT2D eigenvalue weighted by Crippen LogP contribution is -2.14. The average molecular weight is 408 g/mol. The van der Waals surface area contributed by atoms with E-state index in [0.717, 1.165) is 0 Å². The Kier molecular flexibility index (Phi) is 5.48. The van der Waals surface area contributed by atoms with Crippen LogP contribution < -0.4 is 10.6 Å². The number of nitrogens with zero attached hydrogens (tertiary/aromatic N) is 3. The molecule has 0 aliphatic heterocycles. The summed E-state index contributed by atoms with van der Waals surface area (Å²) in [4.78, 5) is 28.7. The number of halogens is 2. The average Bonchev–Trinajstić information content (AvgIpc) is 3.09. The molecule has 0 saturated carbocycles. The van der Waals surface area contributed by atoms with Gasteiger partial charge in [-0.25, -0.2) is 9.31 Å². The zero-order valence-electron chi connectivity index (χ0n) is 14.4. The van der Waals surface area contributed by atoms with Gasteiger partial charge in [-0.3, -0.25) is 9.78 Å². The van der Waals surface area contributed by atoms with Gasteiger partial charge in [-0.1, -0.05) is 23.2 Å². The number of carbonyl (C=O) groups is 2. The van der Waals surface area contributed by atoms with Gasteiger partial charge in [0.15, 0.2) is 5.69 Å². The van der Waals surface area contributed by atoms with Crippen molar-refractivity contribution >= 4 is 52.1 Å². The predicted octanol–water partition coefficient (Wildman–Crippen LogP) is 3.51. The third kappa shape index (κ3) is 3.67. The molecule has 3 rings (SSSR count). The highest BCUT2D eigenvalue weighted by atomic mass is 35.5. The van der Waals surface area contributed by atoms with Crippen LogP contribution in [0.3, 0.4) is 0 Å². The molecule has 0 spiro atoms.